The Bertz CT molecular complexity index is 542. The van der Waals surface area contributed by atoms with Crippen LogP contribution < -0.4 is 0 Å². The number of hydrogen-bond donors (Lipinski definition) is 1. The molecule has 0 saturated carbocycles. The molecule has 0 radical (unpaired) electrons. The summed E-state index contributed by atoms with van der Waals surface area (Å²) in [7, 11) is 0. The number of carbonyl (C=O) groups is 1. The van der Waals surface area contributed by atoms with Crippen LogP contribution >= 0.6 is 0 Å². The molecule has 0 saturated heterocycles. The molecular formula is C14H12O3. The van der Waals surface area contributed by atoms with Crippen LogP contribution in [-0.4, -0.2) is 11.1 Å². The van der Waals surface area contributed by atoms with Crippen LogP contribution in [0.3, 0.4) is 0 Å². The van der Waals surface area contributed by atoms with Gasteiger partial charge in [-0.15, -0.1) is 0 Å². The summed E-state index contributed by atoms with van der Waals surface area (Å²) in [6.07, 6.45) is 2.22. The zero-order valence-electron chi connectivity index (χ0n) is 9.17. The van der Waals surface area contributed by atoms with Crippen LogP contribution in [-0.2, 0) is 4.79 Å². The van der Waals surface area contributed by atoms with Gasteiger partial charge in [0.2, 0.25) is 0 Å². The molecule has 3 nitrogen and oxygen atoms in total. The lowest BCUT2D eigenvalue weighted by Crippen LogP contribution is -2.08. The van der Waals surface area contributed by atoms with Gasteiger partial charge in [-0.2, -0.15) is 0 Å². The van der Waals surface area contributed by atoms with Crippen molar-refractivity contribution in [2.24, 2.45) is 0 Å². The standard InChI is InChI=1S/C14H12O3/c15-14(16)12-8-11(13-6-3-7-17-13)9-4-1-2-5-10(9)12/h1-7,11-12H,8H2,(H,15,16). The van der Waals surface area contributed by atoms with E-state index in [0.29, 0.717) is 6.42 Å². The zero-order chi connectivity index (χ0) is 11.8. The Morgan fingerprint density at radius 3 is 2.59 bits per heavy atom. The van der Waals surface area contributed by atoms with Gasteiger partial charge in [0.25, 0.3) is 0 Å². The smallest absolute Gasteiger partial charge is 0.311 e. The molecule has 1 N–H and O–H groups in total. The number of carboxylic acids is 1. The Morgan fingerprint density at radius 1 is 1.18 bits per heavy atom. The Labute approximate surface area is 98.7 Å². The normalized spacial score (nSPS) is 22.4. The Hall–Kier alpha value is -2.03. The van der Waals surface area contributed by atoms with E-state index >= 15 is 0 Å². The molecule has 1 aromatic carbocycles. The number of furan rings is 1. The number of aliphatic carboxylic acids is 1. The van der Waals surface area contributed by atoms with Crippen LogP contribution in [0.25, 0.3) is 0 Å². The third-order valence-electron chi connectivity index (χ3n) is 3.40. The van der Waals surface area contributed by atoms with Crippen molar-refractivity contribution in [3.63, 3.8) is 0 Å². The van der Waals surface area contributed by atoms with Crippen molar-refractivity contribution in [3.05, 3.63) is 59.5 Å². The number of carboxylic acid groups (broad SMARTS) is 1. The lowest BCUT2D eigenvalue weighted by atomic mass is 9.99. The van der Waals surface area contributed by atoms with Crippen molar-refractivity contribution < 1.29 is 14.3 Å². The summed E-state index contributed by atoms with van der Waals surface area (Å²) in [6, 6.07) is 11.5. The predicted octanol–water partition coefficient (Wildman–Crippen LogP) is 2.98. The van der Waals surface area contributed by atoms with Gasteiger partial charge in [0.1, 0.15) is 5.76 Å². The molecular weight excluding hydrogens is 216 g/mol. The second-order valence-electron chi connectivity index (χ2n) is 4.32. The molecule has 1 aliphatic carbocycles. The average molecular weight is 228 g/mol. The third kappa shape index (κ3) is 1.55. The first-order valence-corrected chi connectivity index (χ1v) is 5.62. The van der Waals surface area contributed by atoms with Crippen LogP contribution in [0, 0.1) is 0 Å². The van der Waals surface area contributed by atoms with E-state index in [1.54, 1.807) is 6.26 Å². The van der Waals surface area contributed by atoms with Crippen molar-refractivity contribution in [2.75, 3.05) is 0 Å². The largest absolute Gasteiger partial charge is 0.481 e. The summed E-state index contributed by atoms with van der Waals surface area (Å²) in [5, 5.41) is 9.24. The molecule has 2 unspecified atom stereocenters. The SMILES string of the molecule is O=C(O)C1CC(c2ccco2)c2ccccc21. The minimum absolute atomic E-state index is 0.0716. The van der Waals surface area contributed by atoms with Gasteiger partial charge in [0.05, 0.1) is 12.2 Å². The zero-order valence-corrected chi connectivity index (χ0v) is 9.17. The number of hydrogen-bond acceptors (Lipinski definition) is 2. The molecule has 0 aliphatic heterocycles. The van der Waals surface area contributed by atoms with Gasteiger partial charge in [-0.1, -0.05) is 24.3 Å². The highest BCUT2D eigenvalue weighted by molar-refractivity contribution is 5.78. The summed E-state index contributed by atoms with van der Waals surface area (Å²) in [5.41, 5.74) is 2.00. The monoisotopic (exact) mass is 228 g/mol. The quantitative estimate of drug-likeness (QED) is 0.859. The fourth-order valence-corrected chi connectivity index (χ4v) is 2.63. The fourth-order valence-electron chi connectivity index (χ4n) is 2.63. The maximum Gasteiger partial charge on any atom is 0.311 e. The Balaban J connectivity index is 2.08. The first-order valence-electron chi connectivity index (χ1n) is 5.62. The predicted molar refractivity (Wildman–Crippen MR) is 62.0 cm³/mol. The summed E-state index contributed by atoms with van der Waals surface area (Å²) < 4.78 is 5.41. The average Bonchev–Trinajstić information content (AvgIpc) is 2.95. The maximum absolute atomic E-state index is 11.2. The molecule has 1 aromatic heterocycles. The molecule has 0 fully saturated rings. The van der Waals surface area contributed by atoms with E-state index in [0.717, 1.165) is 16.9 Å². The minimum Gasteiger partial charge on any atom is -0.481 e. The highest BCUT2D eigenvalue weighted by atomic mass is 16.4. The van der Waals surface area contributed by atoms with Crippen LogP contribution in [0.1, 0.15) is 35.1 Å². The topological polar surface area (TPSA) is 50.4 Å². The van der Waals surface area contributed by atoms with Gasteiger partial charge in [-0.3, -0.25) is 4.79 Å². The number of rotatable bonds is 2. The lowest BCUT2D eigenvalue weighted by molar-refractivity contribution is -0.138. The van der Waals surface area contributed by atoms with Crippen molar-refractivity contribution in [3.8, 4) is 0 Å². The molecule has 2 aromatic rings. The van der Waals surface area contributed by atoms with Crippen molar-refractivity contribution in [1.82, 2.24) is 0 Å². The van der Waals surface area contributed by atoms with E-state index in [-0.39, 0.29) is 5.92 Å². The molecule has 0 bridgehead atoms. The van der Waals surface area contributed by atoms with Gasteiger partial charge in [-0.05, 0) is 29.7 Å². The summed E-state index contributed by atoms with van der Waals surface area (Å²) in [6.45, 7) is 0. The third-order valence-corrected chi connectivity index (χ3v) is 3.40. The van der Waals surface area contributed by atoms with Gasteiger partial charge in [0.15, 0.2) is 0 Å². The van der Waals surface area contributed by atoms with Gasteiger partial charge in [0, 0.05) is 5.92 Å². The van der Waals surface area contributed by atoms with E-state index in [1.807, 2.05) is 36.4 Å². The second-order valence-corrected chi connectivity index (χ2v) is 4.32. The first kappa shape index (κ1) is 10.1. The van der Waals surface area contributed by atoms with E-state index in [1.165, 1.54) is 0 Å². The minimum atomic E-state index is -0.758. The Morgan fingerprint density at radius 2 is 1.94 bits per heavy atom. The molecule has 2 atom stereocenters. The van der Waals surface area contributed by atoms with Crippen LogP contribution in [0.2, 0.25) is 0 Å². The molecule has 3 heteroatoms. The van der Waals surface area contributed by atoms with Gasteiger partial charge >= 0.3 is 5.97 Å². The summed E-state index contributed by atoms with van der Waals surface area (Å²) >= 11 is 0. The Kier molecular flexibility index (Phi) is 2.25. The maximum atomic E-state index is 11.2. The fraction of sp³-hybridized carbons (Fsp3) is 0.214. The molecule has 1 aliphatic rings. The summed E-state index contributed by atoms with van der Waals surface area (Å²) in [5.74, 6) is -0.253. The van der Waals surface area contributed by atoms with Crippen molar-refractivity contribution in [2.45, 2.75) is 18.3 Å². The van der Waals surface area contributed by atoms with Crippen LogP contribution in [0.5, 0.6) is 0 Å². The molecule has 86 valence electrons. The number of benzene rings is 1. The summed E-state index contributed by atoms with van der Waals surface area (Å²) in [4.78, 5) is 11.2. The van der Waals surface area contributed by atoms with Crippen LogP contribution in [0.4, 0.5) is 0 Å². The second kappa shape index (κ2) is 3.77. The van der Waals surface area contributed by atoms with Crippen molar-refractivity contribution >= 4 is 5.97 Å². The van der Waals surface area contributed by atoms with E-state index in [4.69, 9.17) is 4.42 Å². The van der Waals surface area contributed by atoms with Crippen LogP contribution in [0.15, 0.2) is 47.1 Å². The van der Waals surface area contributed by atoms with Gasteiger partial charge < -0.3 is 9.52 Å². The van der Waals surface area contributed by atoms with Gasteiger partial charge in [-0.25, -0.2) is 0 Å². The number of fused-ring (bicyclic) bond motifs is 1. The molecule has 3 rings (SSSR count). The van der Waals surface area contributed by atoms with E-state index in [2.05, 4.69) is 0 Å². The first-order chi connectivity index (χ1) is 8.27. The van der Waals surface area contributed by atoms with E-state index in [9.17, 15) is 9.90 Å². The van der Waals surface area contributed by atoms with Crippen molar-refractivity contribution in [1.29, 1.82) is 0 Å². The molecule has 0 amide bonds. The molecule has 0 spiro atoms. The highest BCUT2D eigenvalue weighted by Crippen LogP contribution is 2.45. The lowest BCUT2D eigenvalue weighted by Gasteiger charge is -2.07. The highest BCUT2D eigenvalue weighted by Gasteiger charge is 2.36. The van der Waals surface area contributed by atoms with E-state index < -0.39 is 11.9 Å². The molecule has 1 heterocycles. The molecule has 17 heavy (non-hydrogen) atoms.